The largest absolute Gasteiger partial charge is 0.365 e. The van der Waals surface area contributed by atoms with Crippen molar-refractivity contribution in [3.63, 3.8) is 0 Å². The van der Waals surface area contributed by atoms with Gasteiger partial charge in [0.1, 0.15) is 0 Å². The molecule has 2 rings (SSSR count). The van der Waals surface area contributed by atoms with E-state index in [0.29, 0.717) is 6.04 Å². The molecule has 1 atom stereocenters. The fourth-order valence-corrected chi connectivity index (χ4v) is 2.52. The van der Waals surface area contributed by atoms with Crippen LogP contribution in [0.3, 0.4) is 0 Å². The molecule has 1 N–H and O–H groups in total. The van der Waals surface area contributed by atoms with Gasteiger partial charge in [0, 0.05) is 36.9 Å². The van der Waals surface area contributed by atoms with Crippen LogP contribution in [0.15, 0.2) is 24.3 Å². The Morgan fingerprint density at radius 2 is 2.00 bits per heavy atom. The molecule has 17 heavy (non-hydrogen) atoms. The highest BCUT2D eigenvalue weighted by Crippen LogP contribution is 2.22. The number of likely N-dealkylation sites (N-methyl/N-ethyl adjacent to an activating group) is 2. The van der Waals surface area contributed by atoms with E-state index >= 15 is 0 Å². The monoisotopic (exact) mass is 253 g/mol. The first-order chi connectivity index (χ1) is 8.20. The zero-order valence-electron chi connectivity index (χ0n) is 10.5. The number of rotatable bonds is 3. The number of piperazine rings is 1. The molecule has 0 aliphatic carbocycles. The Morgan fingerprint density at radius 1 is 1.29 bits per heavy atom. The Morgan fingerprint density at radius 3 is 2.65 bits per heavy atom. The maximum Gasteiger partial charge on any atom is 0.0541 e. The molecule has 1 saturated heterocycles. The number of hydrogen-bond acceptors (Lipinski definition) is 3. The Labute approximate surface area is 108 Å². The van der Waals surface area contributed by atoms with Crippen LogP contribution in [-0.4, -0.2) is 51.2 Å². The Balaban J connectivity index is 2.14. The lowest BCUT2D eigenvalue weighted by Crippen LogP contribution is -2.55. The molecule has 1 heterocycles. The topological polar surface area (TPSA) is 18.5 Å². The Bertz CT molecular complexity index is 352. The van der Waals surface area contributed by atoms with Crippen molar-refractivity contribution >= 4 is 17.3 Å². The lowest BCUT2D eigenvalue weighted by Gasteiger charge is -2.41. The van der Waals surface area contributed by atoms with E-state index in [1.165, 1.54) is 5.69 Å². The number of anilines is 1. The normalized spacial score (nSPS) is 21.8. The summed E-state index contributed by atoms with van der Waals surface area (Å²) in [7, 11) is 4.19. The highest BCUT2D eigenvalue weighted by atomic mass is 35.5. The first-order valence-electron chi connectivity index (χ1n) is 6.06. The minimum Gasteiger partial charge on any atom is -0.365 e. The van der Waals surface area contributed by atoms with Crippen LogP contribution in [0.25, 0.3) is 0 Å². The van der Waals surface area contributed by atoms with Crippen LogP contribution in [0.4, 0.5) is 5.69 Å². The molecule has 94 valence electrons. The standard InChI is InChI=1S/C13H20ClN3/c1-15-9-13-10-16(2)7-8-17(13)12-5-3-11(14)4-6-12/h3-6,13,15H,7-10H2,1-2H3. The predicted molar refractivity (Wildman–Crippen MR) is 74.0 cm³/mol. The molecule has 4 heteroatoms. The molecule has 1 aliphatic rings. The molecule has 1 aromatic rings. The summed E-state index contributed by atoms with van der Waals surface area (Å²) in [6, 6.07) is 8.67. The second-order valence-corrected chi connectivity index (χ2v) is 5.08. The third kappa shape index (κ3) is 3.12. The van der Waals surface area contributed by atoms with Crippen LogP contribution in [0.1, 0.15) is 0 Å². The highest BCUT2D eigenvalue weighted by molar-refractivity contribution is 6.30. The number of nitrogens with zero attached hydrogens (tertiary/aromatic N) is 2. The lowest BCUT2D eigenvalue weighted by molar-refractivity contribution is 0.265. The smallest absolute Gasteiger partial charge is 0.0541 e. The molecule has 0 amide bonds. The molecule has 0 bridgehead atoms. The van der Waals surface area contributed by atoms with Crippen LogP contribution in [-0.2, 0) is 0 Å². The minimum atomic E-state index is 0.528. The van der Waals surface area contributed by atoms with E-state index in [4.69, 9.17) is 11.6 Å². The number of halogens is 1. The molecule has 1 aliphatic heterocycles. The van der Waals surface area contributed by atoms with Crippen molar-refractivity contribution in [1.29, 1.82) is 0 Å². The second-order valence-electron chi connectivity index (χ2n) is 4.64. The Hall–Kier alpha value is -0.770. The zero-order valence-corrected chi connectivity index (χ0v) is 11.2. The predicted octanol–water partition coefficient (Wildman–Crippen LogP) is 1.68. The Kier molecular flexibility index (Phi) is 4.26. The zero-order chi connectivity index (χ0) is 12.3. The maximum absolute atomic E-state index is 5.93. The van der Waals surface area contributed by atoms with Crippen LogP contribution < -0.4 is 10.2 Å². The van der Waals surface area contributed by atoms with E-state index in [9.17, 15) is 0 Å². The van der Waals surface area contributed by atoms with E-state index in [1.54, 1.807) is 0 Å². The fraction of sp³-hybridized carbons (Fsp3) is 0.538. The first-order valence-corrected chi connectivity index (χ1v) is 6.44. The lowest BCUT2D eigenvalue weighted by atomic mass is 10.1. The van der Waals surface area contributed by atoms with Gasteiger partial charge in [-0.3, -0.25) is 0 Å². The van der Waals surface area contributed by atoms with Gasteiger partial charge in [0.05, 0.1) is 6.04 Å². The summed E-state index contributed by atoms with van der Waals surface area (Å²) in [5.74, 6) is 0. The molecule has 3 nitrogen and oxygen atoms in total. The average Bonchev–Trinajstić information content (AvgIpc) is 2.31. The van der Waals surface area contributed by atoms with Gasteiger partial charge in [-0.1, -0.05) is 11.6 Å². The van der Waals surface area contributed by atoms with Crippen molar-refractivity contribution in [3.8, 4) is 0 Å². The summed E-state index contributed by atoms with van der Waals surface area (Å²) >= 11 is 5.93. The van der Waals surface area contributed by atoms with Gasteiger partial charge >= 0.3 is 0 Å². The van der Waals surface area contributed by atoms with Crippen molar-refractivity contribution in [2.75, 3.05) is 45.2 Å². The van der Waals surface area contributed by atoms with Gasteiger partial charge in [-0.2, -0.15) is 0 Å². The van der Waals surface area contributed by atoms with E-state index in [1.807, 2.05) is 19.2 Å². The summed E-state index contributed by atoms with van der Waals surface area (Å²) in [5, 5.41) is 4.07. The molecule has 0 radical (unpaired) electrons. The second kappa shape index (κ2) is 5.71. The molecule has 0 saturated carbocycles. The average molecular weight is 254 g/mol. The van der Waals surface area contributed by atoms with Gasteiger partial charge in [0.15, 0.2) is 0 Å². The van der Waals surface area contributed by atoms with Crippen LogP contribution in [0, 0.1) is 0 Å². The number of benzene rings is 1. The maximum atomic E-state index is 5.93. The van der Waals surface area contributed by atoms with Crippen LogP contribution in [0.5, 0.6) is 0 Å². The highest BCUT2D eigenvalue weighted by Gasteiger charge is 2.24. The van der Waals surface area contributed by atoms with E-state index in [-0.39, 0.29) is 0 Å². The van der Waals surface area contributed by atoms with E-state index in [2.05, 4.69) is 34.3 Å². The summed E-state index contributed by atoms with van der Waals surface area (Å²) in [4.78, 5) is 4.85. The SMILES string of the molecule is CNCC1CN(C)CCN1c1ccc(Cl)cc1. The van der Waals surface area contributed by atoms with Crippen LogP contribution >= 0.6 is 11.6 Å². The van der Waals surface area contributed by atoms with Crippen molar-refractivity contribution in [2.24, 2.45) is 0 Å². The molecule has 1 unspecified atom stereocenters. The van der Waals surface area contributed by atoms with Gasteiger partial charge < -0.3 is 15.1 Å². The third-order valence-corrected chi connectivity index (χ3v) is 3.54. The molecule has 0 spiro atoms. The first kappa shape index (κ1) is 12.7. The van der Waals surface area contributed by atoms with Crippen molar-refractivity contribution in [2.45, 2.75) is 6.04 Å². The quantitative estimate of drug-likeness (QED) is 0.884. The fourth-order valence-electron chi connectivity index (χ4n) is 2.39. The molecular weight excluding hydrogens is 234 g/mol. The molecule has 0 aromatic heterocycles. The summed E-state index contributed by atoms with van der Waals surface area (Å²) < 4.78 is 0. The summed E-state index contributed by atoms with van der Waals surface area (Å²) in [6.07, 6.45) is 0. The van der Waals surface area contributed by atoms with E-state index < -0.39 is 0 Å². The van der Waals surface area contributed by atoms with Crippen molar-refractivity contribution in [3.05, 3.63) is 29.3 Å². The summed E-state index contributed by atoms with van der Waals surface area (Å²) in [5.41, 5.74) is 1.27. The molecular formula is C13H20ClN3. The van der Waals surface area contributed by atoms with Crippen molar-refractivity contribution < 1.29 is 0 Å². The minimum absolute atomic E-state index is 0.528. The van der Waals surface area contributed by atoms with Gasteiger partial charge in [0.2, 0.25) is 0 Å². The number of hydrogen-bond donors (Lipinski definition) is 1. The van der Waals surface area contributed by atoms with Gasteiger partial charge in [-0.15, -0.1) is 0 Å². The van der Waals surface area contributed by atoms with Crippen LogP contribution in [0.2, 0.25) is 5.02 Å². The van der Waals surface area contributed by atoms with Gasteiger partial charge in [0.25, 0.3) is 0 Å². The molecule has 1 fully saturated rings. The summed E-state index contributed by atoms with van der Waals surface area (Å²) in [6.45, 7) is 4.30. The number of nitrogens with one attached hydrogen (secondary N) is 1. The van der Waals surface area contributed by atoms with E-state index in [0.717, 1.165) is 31.2 Å². The van der Waals surface area contributed by atoms with Gasteiger partial charge in [-0.05, 0) is 38.4 Å². The van der Waals surface area contributed by atoms with Crippen molar-refractivity contribution in [1.82, 2.24) is 10.2 Å². The third-order valence-electron chi connectivity index (χ3n) is 3.28. The molecule has 1 aromatic carbocycles. The van der Waals surface area contributed by atoms with Gasteiger partial charge in [-0.25, -0.2) is 0 Å².